The minimum absolute atomic E-state index is 0.0778. The molecule has 0 unspecified atom stereocenters. The maximum absolute atomic E-state index is 11.8. The molecule has 6 heteroatoms. The average Bonchev–Trinajstić information content (AvgIpc) is 3.01. The largest absolute Gasteiger partial charge is 0.372 e. The van der Waals surface area contributed by atoms with Crippen molar-refractivity contribution >= 4 is 11.6 Å². The number of hydrogen-bond donors (Lipinski definition) is 1. The molecule has 1 amide bonds. The van der Waals surface area contributed by atoms with Gasteiger partial charge in [0.25, 0.3) is 0 Å². The number of nitrogens with one attached hydrogen (secondary N) is 1. The molecule has 2 aromatic rings. The molecule has 0 aliphatic carbocycles. The number of amides is 1. The van der Waals surface area contributed by atoms with Crippen LogP contribution in [0.3, 0.4) is 0 Å². The predicted octanol–water partition coefficient (Wildman–Crippen LogP) is 2.73. The van der Waals surface area contributed by atoms with E-state index in [1.807, 2.05) is 18.2 Å². The fraction of sp³-hybridized carbons (Fsp3) is 0.500. The summed E-state index contributed by atoms with van der Waals surface area (Å²) in [6, 6.07) is 10.3. The van der Waals surface area contributed by atoms with Crippen molar-refractivity contribution < 1.29 is 9.32 Å². The van der Waals surface area contributed by atoms with Crippen LogP contribution >= 0.6 is 0 Å². The molecule has 0 radical (unpaired) electrons. The van der Waals surface area contributed by atoms with Gasteiger partial charge in [0.2, 0.25) is 11.8 Å². The van der Waals surface area contributed by atoms with Gasteiger partial charge in [-0.25, -0.2) is 0 Å². The second-order valence-electron chi connectivity index (χ2n) is 5.71. The maximum atomic E-state index is 11.8. The minimum atomic E-state index is 0.0778. The zero-order valence-corrected chi connectivity index (χ0v) is 14.5. The van der Waals surface area contributed by atoms with Crippen LogP contribution in [-0.2, 0) is 11.2 Å². The second kappa shape index (κ2) is 9.70. The van der Waals surface area contributed by atoms with Crippen molar-refractivity contribution in [3.05, 3.63) is 42.0 Å². The highest BCUT2D eigenvalue weighted by Crippen LogP contribution is 2.12. The number of rotatable bonds is 10. The van der Waals surface area contributed by atoms with E-state index in [0.717, 1.165) is 25.9 Å². The highest BCUT2D eigenvalue weighted by Gasteiger charge is 2.06. The SMILES string of the molecule is CCN(CCCNC(=O)CCCc1nc(C)no1)c1ccccc1. The van der Waals surface area contributed by atoms with E-state index in [2.05, 4.69) is 39.4 Å². The quantitative estimate of drug-likeness (QED) is 0.678. The Morgan fingerprint density at radius 2 is 2.04 bits per heavy atom. The van der Waals surface area contributed by atoms with Gasteiger partial charge < -0.3 is 14.7 Å². The number of hydrogen-bond acceptors (Lipinski definition) is 5. The third-order valence-corrected chi connectivity index (χ3v) is 3.79. The maximum Gasteiger partial charge on any atom is 0.226 e. The highest BCUT2D eigenvalue weighted by molar-refractivity contribution is 5.75. The van der Waals surface area contributed by atoms with E-state index >= 15 is 0 Å². The Balaban J connectivity index is 1.58. The van der Waals surface area contributed by atoms with Crippen molar-refractivity contribution in [2.24, 2.45) is 0 Å². The van der Waals surface area contributed by atoms with Gasteiger partial charge in [-0.2, -0.15) is 4.98 Å². The van der Waals surface area contributed by atoms with Crippen LogP contribution in [0, 0.1) is 6.92 Å². The number of nitrogens with zero attached hydrogens (tertiary/aromatic N) is 3. The standard InChI is InChI=1S/C18H26N4O2/c1-3-22(16-9-5-4-6-10-16)14-8-13-19-17(23)11-7-12-18-20-15(2)21-24-18/h4-6,9-10H,3,7-8,11-14H2,1-2H3,(H,19,23). The fourth-order valence-corrected chi connectivity index (χ4v) is 2.54. The number of aromatic nitrogens is 2. The molecule has 2 rings (SSSR count). The molecule has 24 heavy (non-hydrogen) atoms. The first-order valence-corrected chi connectivity index (χ1v) is 8.55. The van der Waals surface area contributed by atoms with E-state index in [-0.39, 0.29) is 5.91 Å². The number of anilines is 1. The Morgan fingerprint density at radius 1 is 1.25 bits per heavy atom. The topological polar surface area (TPSA) is 71.3 Å². The van der Waals surface area contributed by atoms with Gasteiger partial charge in [0.05, 0.1) is 0 Å². The third-order valence-electron chi connectivity index (χ3n) is 3.79. The summed E-state index contributed by atoms with van der Waals surface area (Å²) in [4.78, 5) is 18.3. The molecular weight excluding hydrogens is 304 g/mol. The van der Waals surface area contributed by atoms with Gasteiger partial charge in [-0.05, 0) is 38.8 Å². The Morgan fingerprint density at radius 3 is 2.71 bits per heavy atom. The third kappa shape index (κ3) is 6.02. The van der Waals surface area contributed by atoms with Crippen LogP contribution in [-0.4, -0.2) is 35.7 Å². The van der Waals surface area contributed by atoms with Crippen molar-refractivity contribution in [2.45, 2.75) is 39.5 Å². The van der Waals surface area contributed by atoms with Crippen molar-refractivity contribution in [3.8, 4) is 0 Å². The lowest BCUT2D eigenvalue weighted by atomic mass is 10.2. The monoisotopic (exact) mass is 330 g/mol. The Kier molecular flexibility index (Phi) is 7.26. The summed E-state index contributed by atoms with van der Waals surface area (Å²) in [5.41, 5.74) is 1.22. The van der Waals surface area contributed by atoms with Crippen LogP contribution in [0.4, 0.5) is 5.69 Å². The lowest BCUT2D eigenvalue weighted by Crippen LogP contribution is -2.29. The fourth-order valence-electron chi connectivity index (χ4n) is 2.54. The smallest absolute Gasteiger partial charge is 0.226 e. The van der Waals surface area contributed by atoms with E-state index in [1.54, 1.807) is 6.92 Å². The molecule has 0 bridgehead atoms. The lowest BCUT2D eigenvalue weighted by molar-refractivity contribution is -0.121. The molecule has 0 fully saturated rings. The summed E-state index contributed by atoms with van der Waals surface area (Å²) in [5, 5.41) is 6.71. The van der Waals surface area contributed by atoms with E-state index in [0.29, 0.717) is 31.1 Å². The number of benzene rings is 1. The van der Waals surface area contributed by atoms with Crippen LogP contribution < -0.4 is 10.2 Å². The molecule has 0 aliphatic heterocycles. The summed E-state index contributed by atoms with van der Waals surface area (Å²) in [6.45, 7) is 6.52. The van der Waals surface area contributed by atoms with Crippen LogP contribution in [0.15, 0.2) is 34.9 Å². The van der Waals surface area contributed by atoms with Crippen molar-refractivity contribution in [3.63, 3.8) is 0 Å². The zero-order chi connectivity index (χ0) is 17.2. The predicted molar refractivity (Wildman–Crippen MR) is 93.9 cm³/mol. The number of carbonyl (C=O) groups is 1. The van der Waals surface area contributed by atoms with Crippen LogP contribution in [0.1, 0.15) is 37.9 Å². The first kappa shape index (κ1) is 18.0. The van der Waals surface area contributed by atoms with Crippen molar-refractivity contribution in [2.75, 3.05) is 24.5 Å². The Hall–Kier alpha value is -2.37. The van der Waals surface area contributed by atoms with Gasteiger partial charge in [0.1, 0.15) is 0 Å². The summed E-state index contributed by atoms with van der Waals surface area (Å²) < 4.78 is 5.03. The van der Waals surface area contributed by atoms with E-state index < -0.39 is 0 Å². The lowest BCUT2D eigenvalue weighted by Gasteiger charge is -2.23. The molecule has 0 saturated carbocycles. The first-order valence-electron chi connectivity index (χ1n) is 8.55. The van der Waals surface area contributed by atoms with Crippen molar-refractivity contribution in [1.29, 1.82) is 0 Å². The number of carbonyl (C=O) groups excluding carboxylic acids is 1. The second-order valence-corrected chi connectivity index (χ2v) is 5.71. The molecule has 0 atom stereocenters. The molecule has 0 saturated heterocycles. The molecule has 6 nitrogen and oxygen atoms in total. The van der Waals surface area contributed by atoms with Gasteiger partial charge in [-0.1, -0.05) is 23.4 Å². The number of aryl methyl sites for hydroxylation is 2. The zero-order valence-electron chi connectivity index (χ0n) is 14.5. The molecular formula is C18H26N4O2. The summed E-state index contributed by atoms with van der Waals surface area (Å²) in [7, 11) is 0. The van der Waals surface area contributed by atoms with E-state index in [4.69, 9.17) is 4.52 Å². The van der Waals surface area contributed by atoms with Crippen LogP contribution in [0.25, 0.3) is 0 Å². The van der Waals surface area contributed by atoms with E-state index in [9.17, 15) is 4.79 Å². The molecule has 1 N–H and O–H groups in total. The summed E-state index contributed by atoms with van der Waals surface area (Å²) in [5.74, 6) is 1.31. The summed E-state index contributed by atoms with van der Waals surface area (Å²) in [6.07, 6.45) is 2.78. The average molecular weight is 330 g/mol. The molecule has 0 aliphatic rings. The minimum Gasteiger partial charge on any atom is -0.372 e. The van der Waals surface area contributed by atoms with Gasteiger partial charge in [0, 0.05) is 38.2 Å². The van der Waals surface area contributed by atoms with Crippen LogP contribution in [0.2, 0.25) is 0 Å². The highest BCUT2D eigenvalue weighted by atomic mass is 16.5. The Bertz CT molecular complexity index is 612. The molecule has 1 aromatic heterocycles. The van der Waals surface area contributed by atoms with Crippen LogP contribution in [0.5, 0.6) is 0 Å². The van der Waals surface area contributed by atoms with Gasteiger partial charge >= 0.3 is 0 Å². The van der Waals surface area contributed by atoms with Gasteiger partial charge in [-0.15, -0.1) is 0 Å². The summed E-state index contributed by atoms with van der Waals surface area (Å²) >= 11 is 0. The van der Waals surface area contributed by atoms with E-state index in [1.165, 1.54) is 5.69 Å². The Labute approximate surface area is 143 Å². The normalized spacial score (nSPS) is 10.6. The van der Waals surface area contributed by atoms with Crippen molar-refractivity contribution in [1.82, 2.24) is 15.5 Å². The van der Waals surface area contributed by atoms with Gasteiger partial charge in [-0.3, -0.25) is 4.79 Å². The van der Waals surface area contributed by atoms with Gasteiger partial charge in [0.15, 0.2) is 5.82 Å². The number of para-hydroxylation sites is 1. The molecule has 1 heterocycles. The molecule has 0 spiro atoms. The first-order chi connectivity index (χ1) is 11.7. The molecule has 1 aromatic carbocycles. The molecule has 130 valence electrons.